The van der Waals surface area contributed by atoms with E-state index in [1.807, 2.05) is 34.9 Å². The Kier molecular flexibility index (Phi) is 3.78. The van der Waals surface area contributed by atoms with Crippen molar-refractivity contribution >= 4 is 11.5 Å². The van der Waals surface area contributed by atoms with Gasteiger partial charge >= 0.3 is 5.97 Å². The number of benzene rings is 1. The topological polar surface area (TPSA) is 78.3 Å². The van der Waals surface area contributed by atoms with Crippen LogP contribution in [0.3, 0.4) is 0 Å². The van der Waals surface area contributed by atoms with E-state index >= 15 is 0 Å². The molecule has 0 amide bonds. The van der Waals surface area contributed by atoms with Crippen LogP contribution in [0.4, 0.5) is 0 Å². The number of pyridine rings is 1. The van der Waals surface area contributed by atoms with Crippen molar-refractivity contribution < 1.29 is 9.53 Å². The third-order valence-electron chi connectivity index (χ3n) is 3.46. The molecule has 5 heteroatoms. The molecular weight excluding hydrogens is 290 g/mol. The highest BCUT2D eigenvalue weighted by atomic mass is 16.5. The summed E-state index contributed by atoms with van der Waals surface area (Å²) in [7, 11) is 0. The Balaban J connectivity index is 1.82. The van der Waals surface area contributed by atoms with Crippen molar-refractivity contribution in [3.8, 4) is 12.1 Å². The molecule has 0 aliphatic carbocycles. The van der Waals surface area contributed by atoms with Gasteiger partial charge in [0.2, 0.25) is 0 Å². The van der Waals surface area contributed by atoms with Gasteiger partial charge in [-0.25, -0.2) is 4.79 Å². The molecule has 0 fully saturated rings. The SMILES string of the molecule is N#Cc1cccc(C(=O)OCc2cn3ccccc3c2C#N)c1. The predicted octanol–water partition coefficient (Wildman–Crippen LogP) is 3.04. The normalized spacial score (nSPS) is 10.0. The first-order valence-corrected chi connectivity index (χ1v) is 6.89. The van der Waals surface area contributed by atoms with Gasteiger partial charge in [0.1, 0.15) is 12.7 Å². The monoisotopic (exact) mass is 301 g/mol. The fraction of sp³-hybridized carbons (Fsp3) is 0.0556. The number of carbonyl (C=O) groups excluding carboxylic acids is 1. The van der Waals surface area contributed by atoms with Gasteiger partial charge in [-0.1, -0.05) is 12.1 Å². The van der Waals surface area contributed by atoms with E-state index in [-0.39, 0.29) is 6.61 Å². The number of nitrogens with zero attached hydrogens (tertiary/aromatic N) is 3. The molecule has 0 aliphatic rings. The fourth-order valence-electron chi connectivity index (χ4n) is 2.36. The van der Waals surface area contributed by atoms with Crippen LogP contribution in [0.5, 0.6) is 0 Å². The van der Waals surface area contributed by atoms with E-state index in [4.69, 9.17) is 10.00 Å². The molecule has 0 N–H and O–H groups in total. The first-order valence-electron chi connectivity index (χ1n) is 6.89. The van der Waals surface area contributed by atoms with Crippen LogP contribution in [0.15, 0.2) is 54.9 Å². The number of fused-ring (bicyclic) bond motifs is 1. The second kappa shape index (κ2) is 6.05. The van der Waals surface area contributed by atoms with Crippen LogP contribution in [0.1, 0.15) is 27.0 Å². The quantitative estimate of drug-likeness (QED) is 0.696. The van der Waals surface area contributed by atoms with E-state index < -0.39 is 5.97 Å². The number of rotatable bonds is 3. The van der Waals surface area contributed by atoms with Gasteiger partial charge in [0, 0.05) is 18.0 Å². The van der Waals surface area contributed by atoms with Crippen LogP contribution >= 0.6 is 0 Å². The Morgan fingerprint density at radius 1 is 1.13 bits per heavy atom. The lowest BCUT2D eigenvalue weighted by Crippen LogP contribution is -2.05. The molecule has 0 aliphatic heterocycles. The van der Waals surface area contributed by atoms with Gasteiger partial charge in [-0.05, 0) is 30.3 Å². The van der Waals surface area contributed by atoms with E-state index in [2.05, 4.69) is 6.07 Å². The summed E-state index contributed by atoms with van der Waals surface area (Å²) in [5.41, 5.74) is 2.61. The minimum Gasteiger partial charge on any atom is -0.457 e. The largest absolute Gasteiger partial charge is 0.457 e. The molecule has 23 heavy (non-hydrogen) atoms. The van der Waals surface area contributed by atoms with Crippen LogP contribution in [-0.2, 0) is 11.3 Å². The van der Waals surface area contributed by atoms with Crippen molar-refractivity contribution in [1.82, 2.24) is 4.40 Å². The fourth-order valence-corrected chi connectivity index (χ4v) is 2.36. The van der Waals surface area contributed by atoms with Gasteiger partial charge in [0.05, 0.1) is 28.3 Å². The molecule has 0 radical (unpaired) electrons. The predicted molar refractivity (Wildman–Crippen MR) is 82.4 cm³/mol. The molecule has 2 aromatic heterocycles. The molecule has 0 spiro atoms. The summed E-state index contributed by atoms with van der Waals surface area (Å²) in [5.74, 6) is -0.527. The Hall–Kier alpha value is -3.57. The average Bonchev–Trinajstić information content (AvgIpc) is 2.97. The van der Waals surface area contributed by atoms with E-state index in [0.717, 1.165) is 5.52 Å². The van der Waals surface area contributed by atoms with Crippen molar-refractivity contribution in [3.05, 3.63) is 77.1 Å². The molecular formula is C18H11N3O2. The Morgan fingerprint density at radius 2 is 2.00 bits per heavy atom. The molecule has 0 bridgehead atoms. The lowest BCUT2D eigenvalue weighted by atomic mass is 10.1. The molecule has 5 nitrogen and oxygen atoms in total. The number of hydrogen-bond donors (Lipinski definition) is 0. The molecule has 3 aromatic rings. The first kappa shape index (κ1) is 14.4. The summed E-state index contributed by atoms with van der Waals surface area (Å²) < 4.78 is 7.09. The summed E-state index contributed by atoms with van der Waals surface area (Å²) in [6, 6.07) is 16.0. The van der Waals surface area contributed by atoms with Crippen LogP contribution in [0.25, 0.3) is 5.52 Å². The molecule has 0 unspecified atom stereocenters. The van der Waals surface area contributed by atoms with Crippen molar-refractivity contribution in [2.24, 2.45) is 0 Å². The zero-order valence-electron chi connectivity index (χ0n) is 12.1. The summed E-state index contributed by atoms with van der Waals surface area (Å²) in [6.07, 6.45) is 3.60. The number of carbonyl (C=O) groups is 1. The molecule has 0 atom stereocenters. The average molecular weight is 301 g/mol. The summed E-state index contributed by atoms with van der Waals surface area (Å²) in [6.45, 7) is 0.000186. The highest BCUT2D eigenvalue weighted by Crippen LogP contribution is 2.19. The third-order valence-corrected chi connectivity index (χ3v) is 3.46. The lowest BCUT2D eigenvalue weighted by molar-refractivity contribution is 0.0472. The minimum absolute atomic E-state index is 0.000186. The number of nitriles is 2. The maximum atomic E-state index is 12.1. The number of esters is 1. The van der Waals surface area contributed by atoms with Gasteiger partial charge < -0.3 is 9.14 Å². The van der Waals surface area contributed by atoms with E-state index in [0.29, 0.717) is 22.3 Å². The standard InChI is InChI=1S/C18H11N3O2/c19-9-13-4-3-5-14(8-13)18(22)23-12-15-11-21-7-2-1-6-17(21)16(15)10-20/h1-8,11H,12H2. The zero-order valence-corrected chi connectivity index (χ0v) is 12.1. The van der Waals surface area contributed by atoms with Crippen molar-refractivity contribution in [3.63, 3.8) is 0 Å². The van der Waals surface area contributed by atoms with Gasteiger partial charge in [0.15, 0.2) is 0 Å². The molecule has 110 valence electrons. The van der Waals surface area contributed by atoms with Crippen molar-refractivity contribution in [2.75, 3.05) is 0 Å². The number of aromatic nitrogens is 1. The zero-order chi connectivity index (χ0) is 16.2. The molecule has 2 heterocycles. The van der Waals surface area contributed by atoms with Gasteiger partial charge in [0.25, 0.3) is 0 Å². The van der Waals surface area contributed by atoms with E-state index in [1.54, 1.807) is 24.4 Å². The van der Waals surface area contributed by atoms with Crippen LogP contribution in [-0.4, -0.2) is 10.4 Å². The van der Waals surface area contributed by atoms with Crippen molar-refractivity contribution in [1.29, 1.82) is 10.5 Å². The summed E-state index contributed by atoms with van der Waals surface area (Å²) in [4.78, 5) is 12.1. The Bertz CT molecular complexity index is 974. The maximum Gasteiger partial charge on any atom is 0.338 e. The third kappa shape index (κ3) is 2.76. The van der Waals surface area contributed by atoms with Crippen molar-refractivity contribution in [2.45, 2.75) is 6.61 Å². The van der Waals surface area contributed by atoms with Crippen LogP contribution < -0.4 is 0 Å². The van der Waals surface area contributed by atoms with Crippen LogP contribution in [0.2, 0.25) is 0 Å². The summed E-state index contributed by atoms with van der Waals surface area (Å²) in [5, 5.41) is 18.2. The number of ether oxygens (including phenoxy) is 1. The molecule has 3 rings (SSSR count). The molecule has 0 saturated heterocycles. The highest BCUT2D eigenvalue weighted by Gasteiger charge is 2.13. The second-order valence-electron chi connectivity index (χ2n) is 4.90. The second-order valence-corrected chi connectivity index (χ2v) is 4.90. The summed E-state index contributed by atoms with van der Waals surface area (Å²) >= 11 is 0. The van der Waals surface area contributed by atoms with E-state index in [9.17, 15) is 10.1 Å². The van der Waals surface area contributed by atoms with Gasteiger partial charge in [-0.2, -0.15) is 10.5 Å². The molecule has 1 aromatic carbocycles. The van der Waals surface area contributed by atoms with E-state index in [1.165, 1.54) is 6.07 Å². The van der Waals surface area contributed by atoms with Gasteiger partial charge in [-0.15, -0.1) is 0 Å². The number of hydrogen-bond acceptors (Lipinski definition) is 4. The highest BCUT2D eigenvalue weighted by molar-refractivity contribution is 5.89. The van der Waals surface area contributed by atoms with Gasteiger partial charge in [-0.3, -0.25) is 0 Å². The molecule has 0 saturated carbocycles. The Morgan fingerprint density at radius 3 is 2.78 bits per heavy atom. The maximum absolute atomic E-state index is 12.1. The first-order chi connectivity index (χ1) is 11.2. The Labute approximate surface area is 132 Å². The smallest absolute Gasteiger partial charge is 0.338 e. The van der Waals surface area contributed by atoms with Crippen LogP contribution in [0, 0.1) is 22.7 Å². The lowest BCUT2D eigenvalue weighted by Gasteiger charge is -2.04. The minimum atomic E-state index is -0.527.